The lowest BCUT2D eigenvalue weighted by molar-refractivity contribution is 0.138. The van der Waals surface area contributed by atoms with Crippen LogP contribution >= 0.6 is 0 Å². The van der Waals surface area contributed by atoms with Gasteiger partial charge in [0.2, 0.25) is 0 Å². The van der Waals surface area contributed by atoms with Crippen molar-refractivity contribution < 1.29 is 14.2 Å². The van der Waals surface area contributed by atoms with Crippen molar-refractivity contribution in [1.29, 1.82) is 0 Å². The molecule has 4 heteroatoms. The van der Waals surface area contributed by atoms with E-state index in [9.17, 15) is 0 Å². The van der Waals surface area contributed by atoms with E-state index in [0.717, 1.165) is 30.1 Å². The highest BCUT2D eigenvalue weighted by Crippen LogP contribution is 2.29. The van der Waals surface area contributed by atoms with Crippen LogP contribution in [0.15, 0.2) is 18.2 Å². The Morgan fingerprint density at radius 2 is 2.31 bits per heavy atom. The molecule has 2 rings (SSSR count). The van der Waals surface area contributed by atoms with Crippen LogP contribution in [0, 0.1) is 0 Å². The molecular formula is C12H17NO3. The van der Waals surface area contributed by atoms with Crippen LogP contribution in [0.5, 0.6) is 11.5 Å². The Hall–Kier alpha value is -1.26. The molecule has 0 aliphatic carbocycles. The van der Waals surface area contributed by atoms with Gasteiger partial charge in [0.05, 0.1) is 20.3 Å². The zero-order valence-corrected chi connectivity index (χ0v) is 9.44. The Kier molecular flexibility index (Phi) is 3.64. The predicted octanol–water partition coefficient (Wildman–Crippen LogP) is 1.32. The summed E-state index contributed by atoms with van der Waals surface area (Å²) in [5.41, 5.74) is 6.60. The second-order valence-electron chi connectivity index (χ2n) is 3.79. The average Bonchev–Trinajstić information content (AvgIpc) is 2.82. The fourth-order valence-electron chi connectivity index (χ4n) is 1.72. The van der Waals surface area contributed by atoms with Gasteiger partial charge in [-0.15, -0.1) is 0 Å². The van der Waals surface area contributed by atoms with Gasteiger partial charge in [-0.05, 0) is 17.7 Å². The Bertz CT molecular complexity index is 348. The smallest absolute Gasteiger partial charge is 0.161 e. The van der Waals surface area contributed by atoms with Gasteiger partial charge in [-0.25, -0.2) is 0 Å². The largest absolute Gasteiger partial charge is 0.493 e. The average molecular weight is 223 g/mol. The maximum Gasteiger partial charge on any atom is 0.161 e. The van der Waals surface area contributed by atoms with Gasteiger partial charge in [-0.2, -0.15) is 0 Å². The molecule has 1 aromatic rings. The van der Waals surface area contributed by atoms with Crippen LogP contribution in [0.3, 0.4) is 0 Å². The lowest BCUT2D eigenvalue weighted by Crippen LogP contribution is -2.16. The van der Waals surface area contributed by atoms with Crippen molar-refractivity contribution in [2.75, 3.05) is 20.3 Å². The first-order valence-electron chi connectivity index (χ1n) is 5.45. The minimum Gasteiger partial charge on any atom is -0.493 e. The van der Waals surface area contributed by atoms with Crippen molar-refractivity contribution in [3.05, 3.63) is 23.8 Å². The van der Waals surface area contributed by atoms with Gasteiger partial charge >= 0.3 is 0 Å². The fourth-order valence-corrected chi connectivity index (χ4v) is 1.72. The molecule has 16 heavy (non-hydrogen) atoms. The molecule has 1 unspecified atom stereocenters. The first-order valence-corrected chi connectivity index (χ1v) is 5.45. The van der Waals surface area contributed by atoms with Gasteiger partial charge in [0.15, 0.2) is 11.5 Å². The molecule has 0 aromatic heterocycles. The number of methoxy groups -OCH3 is 1. The van der Waals surface area contributed by atoms with E-state index < -0.39 is 0 Å². The first kappa shape index (κ1) is 11.2. The summed E-state index contributed by atoms with van der Waals surface area (Å²) < 4.78 is 16.3. The number of ether oxygens (including phenoxy) is 3. The van der Waals surface area contributed by atoms with E-state index in [1.165, 1.54) is 0 Å². The fraction of sp³-hybridized carbons (Fsp3) is 0.500. The van der Waals surface area contributed by atoms with Crippen molar-refractivity contribution in [2.45, 2.75) is 19.1 Å². The van der Waals surface area contributed by atoms with Crippen LogP contribution in [-0.4, -0.2) is 26.4 Å². The van der Waals surface area contributed by atoms with Gasteiger partial charge in [0.1, 0.15) is 6.10 Å². The number of hydrogen-bond acceptors (Lipinski definition) is 4. The molecule has 88 valence electrons. The highest BCUT2D eigenvalue weighted by molar-refractivity contribution is 5.43. The lowest BCUT2D eigenvalue weighted by Gasteiger charge is -2.15. The van der Waals surface area contributed by atoms with Crippen molar-refractivity contribution in [1.82, 2.24) is 0 Å². The second kappa shape index (κ2) is 5.18. The topological polar surface area (TPSA) is 53.7 Å². The highest BCUT2D eigenvalue weighted by atomic mass is 16.6. The SMILES string of the molecule is COc1cc(CN)ccc1OC1CCOC1. The molecule has 0 saturated carbocycles. The minimum atomic E-state index is 0.137. The quantitative estimate of drug-likeness (QED) is 0.836. The summed E-state index contributed by atoms with van der Waals surface area (Å²) in [6.45, 7) is 1.93. The molecule has 1 heterocycles. The third-order valence-corrected chi connectivity index (χ3v) is 2.65. The van der Waals surface area contributed by atoms with Crippen LogP contribution in [-0.2, 0) is 11.3 Å². The third kappa shape index (κ3) is 2.46. The molecule has 1 aromatic carbocycles. The molecule has 1 aliphatic rings. The van der Waals surface area contributed by atoms with E-state index in [2.05, 4.69) is 0 Å². The number of hydrogen-bond donors (Lipinski definition) is 1. The first-order chi connectivity index (χ1) is 7.83. The van der Waals surface area contributed by atoms with Gasteiger partial charge in [-0.3, -0.25) is 0 Å². The number of benzene rings is 1. The molecular weight excluding hydrogens is 206 g/mol. The molecule has 1 aliphatic heterocycles. The summed E-state index contributed by atoms with van der Waals surface area (Å²) in [5.74, 6) is 1.49. The zero-order valence-electron chi connectivity index (χ0n) is 9.44. The predicted molar refractivity (Wildman–Crippen MR) is 60.7 cm³/mol. The Morgan fingerprint density at radius 3 is 2.94 bits per heavy atom. The summed E-state index contributed by atoms with van der Waals surface area (Å²) in [5, 5.41) is 0. The van der Waals surface area contributed by atoms with E-state index >= 15 is 0 Å². The van der Waals surface area contributed by atoms with Crippen molar-refractivity contribution >= 4 is 0 Å². The molecule has 1 saturated heterocycles. The normalized spacial score (nSPS) is 19.8. The minimum absolute atomic E-state index is 0.137. The molecule has 0 amide bonds. The highest BCUT2D eigenvalue weighted by Gasteiger charge is 2.18. The number of rotatable bonds is 4. The van der Waals surface area contributed by atoms with Crippen LogP contribution in [0.1, 0.15) is 12.0 Å². The van der Waals surface area contributed by atoms with E-state index in [-0.39, 0.29) is 6.10 Å². The molecule has 0 bridgehead atoms. The molecule has 0 radical (unpaired) electrons. The van der Waals surface area contributed by atoms with E-state index in [4.69, 9.17) is 19.9 Å². The van der Waals surface area contributed by atoms with E-state index in [0.29, 0.717) is 13.2 Å². The second-order valence-corrected chi connectivity index (χ2v) is 3.79. The molecule has 2 N–H and O–H groups in total. The zero-order chi connectivity index (χ0) is 11.4. The third-order valence-electron chi connectivity index (χ3n) is 2.65. The van der Waals surface area contributed by atoms with Crippen molar-refractivity contribution in [3.63, 3.8) is 0 Å². The Balaban J connectivity index is 2.12. The number of nitrogens with two attached hydrogens (primary N) is 1. The van der Waals surface area contributed by atoms with Gasteiger partial charge in [-0.1, -0.05) is 6.07 Å². The summed E-state index contributed by atoms with van der Waals surface area (Å²) >= 11 is 0. The van der Waals surface area contributed by atoms with Crippen molar-refractivity contribution in [3.8, 4) is 11.5 Å². The van der Waals surface area contributed by atoms with Crippen LogP contribution < -0.4 is 15.2 Å². The maximum atomic E-state index is 5.81. The molecule has 1 fully saturated rings. The molecule has 1 atom stereocenters. The van der Waals surface area contributed by atoms with Crippen LogP contribution in [0.25, 0.3) is 0 Å². The summed E-state index contributed by atoms with van der Waals surface area (Å²) in [6.07, 6.45) is 1.07. The van der Waals surface area contributed by atoms with Crippen LogP contribution in [0.2, 0.25) is 0 Å². The van der Waals surface area contributed by atoms with Gasteiger partial charge in [0.25, 0.3) is 0 Å². The monoisotopic (exact) mass is 223 g/mol. The Morgan fingerprint density at radius 1 is 1.44 bits per heavy atom. The maximum absolute atomic E-state index is 5.81. The van der Waals surface area contributed by atoms with E-state index in [1.807, 2.05) is 18.2 Å². The standard InChI is InChI=1S/C12H17NO3/c1-14-12-6-9(7-13)2-3-11(12)16-10-4-5-15-8-10/h2-3,6,10H,4-5,7-8,13H2,1H3. The van der Waals surface area contributed by atoms with Crippen molar-refractivity contribution in [2.24, 2.45) is 5.73 Å². The molecule has 4 nitrogen and oxygen atoms in total. The molecule has 0 spiro atoms. The van der Waals surface area contributed by atoms with E-state index in [1.54, 1.807) is 7.11 Å². The summed E-state index contributed by atoms with van der Waals surface area (Å²) in [6, 6.07) is 5.76. The van der Waals surface area contributed by atoms with Gasteiger partial charge in [0, 0.05) is 13.0 Å². The van der Waals surface area contributed by atoms with Crippen LogP contribution in [0.4, 0.5) is 0 Å². The lowest BCUT2D eigenvalue weighted by atomic mass is 10.2. The summed E-state index contributed by atoms with van der Waals surface area (Å²) in [7, 11) is 1.63. The Labute approximate surface area is 95.3 Å². The van der Waals surface area contributed by atoms with Gasteiger partial charge < -0.3 is 19.9 Å². The summed E-state index contributed by atoms with van der Waals surface area (Å²) in [4.78, 5) is 0.